The van der Waals surface area contributed by atoms with Gasteiger partial charge in [0.25, 0.3) is 0 Å². The fourth-order valence-electron chi connectivity index (χ4n) is 2.03. The molecule has 0 aliphatic heterocycles. The second kappa shape index (κ2) is 9.19. The molecule has 7 nitrogen and oxygen atoms in total. The molecule has 26 heavy (non-hydrogen) atoms. The Bertz CT molecular complexity index is 787. The van der Waals surface area contributed by atoms with Gasteiger partial charge in [-0.1, -0.05) is 25.2 Å². The van der Waals surface area contributed by atoms with Gasteiger partial charge in [0.2, 0.25) is 5.13 Å². The minimum absolute atomic E-state index is 0.404. The molecule has 0 spiro atoms. The third-order valence-electron chi connectivity index (χ3n) is 3.30. The predicted molar refractivity (Wildman–Crippen MR) is 103 cm³/mol. The summed E-state index contributed by atoms with van der Waals surface area (Å²) in [6.45, 7) is 6.55. The number of hydrazone groups is 1. The molecule has 0 aliphatic rings. The molecule has 0 saturated carbocycles. The van der Waals surface area contributed by atoms with Crippen LogP contribution in [0.15, 0.2) is 23.3 Å². The summed E-state index contributed by atoms with van der Waals surface area (Å²) in [4.78, 5) is 16.3. The van der Waals surface area contributed by atoms with E-state index < -0.39 is 5.97 Å². The molecule has 0 radical (unpaired) electrons. The molecule has 0 saturated heterocycles. The molecule has 0 unspecified atom stereocenters. The lowest BCUT2D eigenvalue weighted by atomic mass is 10.2. The Morgan fingerprint density at radius 1 is 1.35 bits per heavy atom. The number of esters is 1. The van der Waals surface area contributed by atoms with Crippen molar-refractivity contribution in [2.75, 3.05) is 26.3 Å². The molecule has 140 valence electrons. The van der Waals surface area contributed by atoms with E-state index in [1.807, 2.05) is 18.2 Å². The van der Waals surface area contributed by atoms with Gasteiger partial charge in [-0.25, -0.2) is 9.78 Å². The number of aryl methyl sites for hydroxylation is 1. The van der Waals surface area contributed by atoms with Crippen LogP contribution < -0.4 is 14.9 Å². The topological polar surface area (TPSA) is 82.0 Å². The maximum absolute atomic E-state index is 11.6. The molecule has 0 atom stereocenters. The molecule has 0 amide bonds. The first kappa shape index (κ1) is 19.7. The maximum atomic E-state index is 11.6. The monoisotopic (exact) mass is 377 g/mol. The number of aromatic nitrogens is 1. The van der Waals surface area contributed by atoms with Crippen molar-refractivity contribution in [2.45, 2.75) is 20.8 Å². The molecule has 1 aromatic heterocycles. The van der Waals surface area contributed by atoms with Crippen LogP contribution in [0.1, 0.15) is 34.8 Å². The summed E-state index contributed by atoms with van der Waals surface area (Å²) in [5.41, 5.74) is 4.27. The lowest BCUT2D eigenvalue weighted by molar-refractivity contribution is 0.0605. The fraction of sp³-hybridized carbons (Fsp3) is 0.389. The summed E-state index contributed by atoms with van der Waals surface area (Å²) in [6.07, 6.45) is 1.64. The van der Waals surface area contributed by atoms with Crippen LogP contribution in [-0.2, 0) is 4.74 Å². The Balaban J connectivity index is 2.05. The van der Waals surface area contributed by atoms with Crippen LogP contribution in [-0.4, -0.2) is 38.0 Å². The third kappa shape index (κ3) is 5.19. The van der Waals surface area contributed by atoms with Crippen molar-refractivity contribution in [2.24, 2.45) is 11.0 Å². The first-order valence-corrected chi connectivity index (χ1v) is 8.92. The number of hydrogen-bond donors (Lipinski definition) is 1. The largest absolute Gasteiger partial charge is 0.493 e. The highest BCUT2D eigenvalue weighted by molar-refractivity contribution is 7.17. The van der Waals surface area contributed by atoms with Crippen molar-refractivity contribution in [3.63, 3.8) is 0 Å². The van der Waals surface area contributed by atoms with Gasteiger partial charge in [0.05, 0.1) is 32.7 Å². The Hall–Kier alpha value is -2.61. The van der Waals surface area contributed by atoms with E-state index in [-0.39, 0.29) is 0 Å². The minimum Gasteiger partial charge on any atom is -0.493 e. The molecule has 8 heteroatoms. The number of rotatable bonds is 8. The number of benzene rings is 1. The number of ether oxygens (including phenoxy) is 3. The zero-order valence-electron chi connectivity index (χ0n) is 15.5. The number of carbonyl (C=O) groups excluding carboxylic acids is 1. The highest BCUT2D eigenvalue weighted by Crippen LogP contribution is 2.28. The Morgan fingerprint density at radius 3 is 2.77 bits per heavy atom. The number of hydrogen-bond acceptors (Lipinski definition) is 8. The number of nitrogens with zero attached hydrogens (tertiary/aromatic N) is 2. The highest BCUT2D eigenvalue weighted by atomic mass is 32.1. The maximum Gasteiger partial charge on any atom is 0.350 e. The van der Waals surface area contributed by atoms with Crippen molar-refractivity contribution >= 4 is 28.7 Å². The standard InChI is InChI=1S/C18H23N3O4S/c1-11(2)10-25-14-7-6-13(8-15(14)23-4)9-19-21-18-20-12(3)16(26-18)17(22)24-5/h6-9,11H,10H2,1-5H3,(H,20,21)/b19-9+. The van der Waals surface area contributed by atoms with Crippen molar-refractivity contribution < 1.29 is 19.0 Å². The van der Waals surface area contributed by atoms with Crippen molar-refractivity contribution in [3.8, 4) is 11.5 Å². The molecule has 0 fully saturated rings. The van der Waals surface area contributed by atoms with Crippen LogP contribution in [0.3, 0.4) is 0 Å². The second-order valence-corrected chi connectivity index (χ2v) is 6.91. The molecular weight excluding hydrogens is 354 g/mol. The van der Waals surface area contributed by atoms with E-state index >= 15 is 0 Å². The lowest BCUT2D eigenvalue weighted by Crippen LogP contribution is -2.05. The number of nitrogens with one attached hydrogen (secondary N) is 1. The first-order chi connectivity index (χ1) is 12.4. The summed E-state index contributed by atoms with van der Waals surface area (Å²) >= 11 is 1.19. The Kier molecular flexibility index (Phi) is 6.97. The minimum atomic E-state index is -0.404. The molecule has 1 heterocycles. The van der Waals surface area contributed by atoms with Gasteiger partial charge in [-0.15, -0.1) is 0 Å². The average molecular weight is 377 g/mol. The van der Waals surface area contributed by atoms with Crippen molar-refractivity contribution in [1.82, 2.24) is 4.98 Å². The Labute approximate surface area is 157 Å². The first-order valence-electron chi connectivity index (χ1n) is 8.10. The zero-order chi connectivity index (χ0) is 19.1. The SMILES string of the molecule is COC(=O)c1sc(N/N=C/c2ccc(OCC(C)C)c(OC)c2)nc1C. The van der Waals surface area contributed by atoms with Gasteiger partial charge < -0.3 is 14.2 Å². The van der Waals surface area contributed by atoms with Crippen LogP contribution in [0.5, 0.6) is 11.5 Å². The molecular formula is C18H23N3O4S. The molecule has 2 aromatic rings. The number of anilines is 1. The van der Waals surface area contributed by atoms with Gasteiger partial charge in [-0.05, 0) is 36.6 Å². The number of carbonyl (C=O) groups is 1. The second-order valence-electron chi connectivity index (χ2n) is 5.91. The molecule has 0 aliphatic carbocycles. The van der Waals surface area contributed by atoms with Crippen molar-refractivity contribution in [3.05, 3.63) is 34.3 Å². The normalized spacial score (nSPS) is 11.0. The van der Waals surface area contributed by atoms with Gasteiger partial charge in [0, 0.05) is 0 Å². The van der Waals surface area contributed by atoms with Gasteiger partial charge in [-0.3, -0.25) is 5.43 Å². The van der Waals surface area contributed by atoms with Crippen LogP contribution >= 0.6 is 11.3 Å². The van der Waals surface area contributed by atoms with E-state index in [2.05, 4.69) is 29.4 Å². The molecule has 1 N–H and O–H groups in total. The summed E-state index contributed by atoms with van der Waals surface area (Å²) in [5.74, 6) is 1.37. The van der Waals surface area contributed by atoms with E-state index in [1.54, 1.807) is 20.2 Å². The average Bonchev–Trinajstić information content (AvgIpc) is 3.00. The van der Waals surface area contributed by atoms with Crippen molar-refractivity contribution in [1.29, 1.82) is 0 Å². The van der Waals surface area contributed by atoms with Crippen LogP contribution in [0, 0.1) is 12.8 Å². The lowest BCUT2D eigenvalue weighted by Gasteiger charge is -2.12. The van der Waals surface area contributed by atoms with Gasteiger partial charge >= 0.3 is 5.97 Å². The van der Waals surface area contributed by atoms with E-state index in [1.165, 1.54) is 18.4 Å². The Morgan fingerprint density at radius 2 is 2.12 bits per heavy atom. The zero-order valence-corrected chi connectivity index (χ0v) is 16.3. The van der Waals surface area contributed by atoms with Gasteiger partial charge in [0.1, 0.15) is 4.88 Å². The summed E-state index contributed by atoms with van der Waals surface area (Å²) in [7, 11) is 2.94. The summed E-state index contributed by atoms with van der Waals surface area (Å²) in [5, 5.41) is 4.67. The van der Waals surface area contributed by atoms with E-state index in [0.29, 0.717) is 39.7 Å². The number of methoxy groups -OCH3 is 2. The summed E-state index contributed by atoms with van der Waals surface area (Å²) in [6, 6.07) is 5.58. The van der Waals surface area contributed by atoms with Crippen LogP contribution in [0.4, 0.5) is 5.13 Å². The van der Waals surface area contributed by atoms with Gasteiger partial charge in [0.15, 0.2) is 11.5 Å². The smallest absolute Gasteiger partial charge is 0.350 e. The van der Waals surface area contributed by atoms with Crippen LogP contribution in [0.2, 0.25) is 0 Å². The van der Waals surface area contributed by atoms with Gasteiger partial charge in [-0.2, -0.15) is 5.10 Å². The predicted octanol–water partition coefficient (Wildman–Crippen LogP) is 3.73. The van der Waals surface area contributed by atoms with E-state index in [0.717, 1.165) is 5.56 Å². The van der Waals surface area contributed by atoms with Crippen LogP contribution in [0.25, 0.3) is 0 Å². The number of thiazole rings is 1. The highest BCUT2D eigenvalue weighted by Gasteiger charge is 2.15. The quantitative estimate of drug-likeness (QED) is 0.429. The fourth-order valence-corrected chi connectivity index (χ4v) is 2.86. The van der Waals surface area contributed by atoms with E-state index in [9.17, 15) is 4.79 Å². The third-order valence-corrected chi connectivity index (χ3v) is 4.34. The summed E-state index contributed by atoms with van der Waals surface area (Å²) < 4.78 is 15.8. The molecule has 0 bridgehead atoms. The van der Waals surface area contributed by atoms with E-state index in [4.69, 9.17) is 14.2 Å². The molecule has 1 aromatic carbocycles. The molecule has 2 rings (SSSR count).